The molecule has 1 aromatic rings. The van der Waals surface area contributed by atoms with Gasteiger partial charge >= 0.3 is 0 Å². The van der Waals surface area contributed by atoms with Crippen LogP contribution in [0.15, 0.2) is 4.47 Å². The van der Waals surface area contributed by atoms with Crippen molar-refractivity contribution in [3.8, 4) is 0 Å². The van der Waals surface area contributed by atoms with E-state index in [0.717, 1.165) is 35.1 Å². The molecule has 0 saturated heterocycles. The maximum absolute atomic E-state index is 10.5. The van der Waals surface area contributed by atoms with Crippen molar-refractivity contribution in [2.24, 2.45) is 7.05 Å². The molecule has 1 rings (SSSR count). The van der Waals surface area contributed by atoms with Crippen LogP contribution in [0.25, 0.3) is 0 Å². The van der Waals surface area contributed by atoms with Crippen molar-refractivity contribution in [3.05, 3.63) is 15.9 Å². The summed E-state index contributed by atoms with van der Waals surface area (Å²) in [5.41, 5.74) is 1.52. The van der Waals surface area contributed by atoms with Gasteiger partial charge in [0.15, 0.2) is 0 Å². The molecule has 1 N–H and O–H groups in total. The SMILES string of the molecule is CCCCCC(C)(O)Cc1c(Br)c(CC)nn1C. The molecular formula is C14H25BrN2O. The fraction of sp³-hybridized carbons (Fsp3) is 0.786. The fourth-order valence-corrected chi connectivity index (χ4v) is 2.97. The standard InChI is InChI=1S/C14H25BrN2O/c1-5-7-8-9-14(3,18)10-12-13(15)11(6-2)16-17(12)4/h18H,5-10H2,1-4H3. The largest absolute Gasteiger partial charge is 0.390 e. The Morgan fingerprint density at radius 1 is 1.33 bits per heavy atom. The van der Waals surface area contributed by atoms with Gasteiger partial charge < -0.3 is 5.11 Å². The zero-order valence-corrected chi connectivity index (χ0v) is 13.5. The molecule has 1 unspecified atom stereocenters. The lowest BCUT2D eigenvalue weighted by molar-refractivity contribution is 0.0466. The lowest BCUT2D eigenvalue weighted by Gasteiger charge is -2.23. The van der Waals surface area contributed by atoms with Crippen molar-refractivity contribution >= 4 is 15.9 Å². The molecule has 1 heterocycles. The smallest absolute Gasteiger partial charge is 0.0766 e. The minimum absolute atomic E-state index is 0.642. The van der Waals surface area contributed by atoms with E-state index in [1.54, 1.807) is 0 Å². The highest BCUT2D eigenvalue weighted by Gasteiger charge is 2.24. The molecule has 0 aliphatic carbocycles. The Bertz CT molecular complexity index is 385. The molecule has 0 aliphatic heterocycles. The molecule has 18 heavy (non-hydrogen) atoms. The van der Waals surface area contributed by atoms with Gasteiger partial charge in [0, 0.05) is 13.5 Å². The van der Waals surface area contributed by atoms with Crippen LogP contribution in [0, 0.1) is 0 Å². The summed E-state index contributed by atoms with van der Waals surface area (Å²) in [4.78, 5) is 0. The molecule has 0 aliphatic rings. The number of hydrogen-bond donors (Lipinski definition) is 1. The number of unbranched alkanes of at least 4 members (excludes halogenated alkanes) is 2. The first kappa shape index (κ1) is 15.7. The molecule has 0 aromatic carbocycles. The van der Waals surface area contributed by atoms with E-state index < -0.39 is 5.60 Å². The highest BCUT2D eigenvalue weighted by Crippen LogP contribution is 2.27. The average Bonchev–Trinajstić information content (AvgIpc) is 2.56. The highest BCUT2D eigenvalue weighted by molar-refractivity contribution is 9.10. The van der Waals surface area contributed by atoms with Crippen LogP contribution in [-0.2, 0) is 19.9 Å². The van der Waals surface area contributed by atoms with E-state index in [1.807, 2.05) is 18.7 Å². The van der Waals surface area contributed by atoms with E-state index in [2.05, 4.69) is 34.9 Å². The second kappa shape index (κ2) is 6.71. The highest BCUT2D eigenvalue weighted by atomic mass is 79.9. The second-order valence-electron chi connectivity index (χ2n) is 5.32. The summed E-state index contributed by atoms with van der Waals surface area (Å²) in [6.07, 6.45) is 5.86. The summed E-state index contributed by atoms with van der Waals surface area (Å²) >= 11 is 3.60. The first-order valence-corrected chi connectivity index (χ1v) is 7.63. The third kappa shape index (κ3) is 4.09. The summed E-state index contributed by atoms with van der Waals surface area (Å²) in [6.45, 7) is 6.20. The molecule has 4 heteroatoms. The zero-order valence-electron chi connectivity index (χ0n) is 12.0. The number of aryl methyl sites for hydroxylation is 2. The van der Waals surface area contributed by atoms with Crippen molar-refractivity contribution in [2.45, 2.75) is 64.9 Å². The van der Waals surface area contributed by atoms with E-state index >= 15 is 0 Å². The normalized spacial score (nSPS) is 14.8. The van der Waals surface area contributed by atoms with E-state index in [9.17, 15) is 5.11 Å². The van der Waals surface area contributed by atoms with Crippen LogP contribution >= 0.6 is 15.9 Å². The second-order valence-corrected chi connectivity index (χ2v) is 6.11. The van der Waals surface area contributed by atoms with Gasteiger partial charge in [0.25, 0.3) is 0 Å². The van der Waals surface area contributed by atoms with Gasteiger partial charge in [-0.15, -0.1) is 0 Å². The number of nitrogens with zero attached hydrogens (tertiary/aromatic N) is 2. The summed E-state index contributed by atoms with van der Waals surface area (Å²) in [5, 5.41) is 14.9. The van der Waals surface area contributed by atoms with Crippen LogP contribution in [0.2, 0.25) is 0 Å². The molecule has 0 fully saturated rings. The van der Waals surface area contributed by atoms with Gasteiger partial charge in [0.2, 0.25) is 0 Å². The Labute approximate surface area is 119 Å². The van der Waals surface area contributed by atoms with Crippen LogP contribution < -0.4 is 0 Å². The molecule has 0 bridgehead atoms. The Kier molecular flexibility index (Phi) is 5.86. The fourth-order valence-electron chi connectivity index (χ4n) is 2.22. The molecule has 0 amide bonds. The van der Waals surface area contributed by atoms with E-state index in [1.165, 1.54) is 12.8 Å². The first-order valence-electron chi connectivity index (χ1n) is 6.84. The summed E-state index contributed by atoms with van der Waals surface area (Å²) in [5.74, 6) is 0. The number of halogens is 1. The quantitative estimate of drug-likeness (QED) is 0.780. The Morgan fingerprint density at radius 2 is 2.00 bits per heavy atom. The summed E-state index contributed by atoms with van der Waals surface area (Å²) in [7, 11) is 1.95. The maximum atomic E-state index is 10.5. The van der Waals surface area contributed by atoms with Crippen molar-refractivity contribution in [1.29, 1.82) is 0 Å². The molecule has 0 radical (unpaired) electrons. The van der Waals surface area contributed by atoms with Crippen molar-refractivity contribution in [2.75, 3.05) is 0 Å². The van der Waals surface area contributed by atoms with Crippen molar-refractivity contribution in [1.82, 2.24) is 9.78 Å². The van der Waals surface area contributed by atoms with Gasteiger partial charge in [-0.3, -0.25) is 4.68 Å². The molecule has 104 valence electrons. The van der Waals surface area contributed by atoms with E-state index in [-0.39, 0.29) is 0 Å². The van der Waals surface area contributed by atoms with E-state index in [0.29, 0.717) is 6.42 Å². The summed E-state index contributed by atoms with van der Waals surface area (Å²) in [6, 6.07) is 0. The number of rotatable bonds is 7. The van der Waals surface area contributed by atoms with Gasteiger partial charge in [-0.25, -0.2) is 0 Å². The van der Waals surface area contributed by atoms with Crippen LogP contribution in [0.1, 0.15) is 57.8 Å². The number of aromatic nitrogens is 2. The van der Waals surface area contributed by atoms with Gasteiger partial charge in [-0.05, 0) is 35.7 Å². The maximum Gasteiger partial charge on any atom is 0.0766 e. The molecule has 3 nitrogen and oxygen atoms in total. The van der Waals surface area contributed by atoms with E-state index in [4.69, 9.17) is 0 Å². The van der Waals surface area contributed by atoms with Gasteiger partial charge in [0.05, 0.1) is 21.5 Å². The third-order valence-corrected chi connectivity index (χ3v) is 4.29. The van der Waals surface area contributed by atoms with Crippen molar-refractivity contribution < 1.29 is 5.11 Å². The lowest BCUT2D eigenvalue weighted by Crippen LogP contribution is -2.28. The number of aliphatic hydroxyl groups is 1. The molecule has 1 aromatic heterocycles. The Hall–Kier alpha value is -0.350. The minimum Gasteiger partial charge on any atom is -0.390 e. The molecule has 1 atom stereocenters. The van der Waals surface area contributed by atoms with Crippen molar-refractivity contribution in [3.63, 3.8) is 0 Å². The van der Waals surface area contributed by atoms with Gasteiger partial charge in [-0.2, -0.15) is 5.10 Å². The molecule has 0 saturated carbocycles. The average molecular weight is 317 g/mol. The van der Waals surface area contributed by atoms with Crippen LogP contribution in [0.3, 0.4) is 0 Å². The Morgan fingerprint density at radius 3 is 2.50 bits per heavy atom. The minimum atomic E-state index is -0.642. The lowest BCUT2D eigenvalue weighted by atomic mass is 9.93. The number of hydrogen-bond acceptors (Lipinski definition) is 2. The third-order valence-electron chi connectivity index (χ3n) is 3.37. The summed E-state index contributed by atoms with van der Waals surface area (Å²) < 4.78 is 2.94. The Balaban J connectivity index is 2.74. The van der Waals surface area contributed by atoms with Crippen LogP contribution in [0.4, 0.5) is 0 Å². The van der Waals surface area contributed by atoms with Gasteiger partial charge in [0.1, 0.15) is 0 Å². The predicted octanol–water partition coefficient (Wildman–Crippen LogP) is 3.62. The topological polar surface area (TPSA) is 38.1 Å². The monoisotopic (exact) mass is 316 g/mol. The predicted molar refractivity (Wildman–Crippen MR) is 78.8 cm³/mol. The first-order chi connectivity index (χ1) is 8.41. The zero-order chi connectivity index (χ0) is 13.8. The van der Waals surface area contributed by atoms with Crippen LogP contribution in [0.5, 0.6) is 0 Å². The molecular weight excluding hydrogens is 292 g/mol. The van der Waals surface area contributed by atoms with Crippen LogP contribution in [-0.4, -0.2) is 20.5 Å². The van der Waals surface area contributed by atoms with Gasteiger partial charge in [-0.1, -0.05) is 33.1 Å². The molecule has 0 spiro atoms.